The second-order valence-electron chi connectivity index (χ2n) is 3.44. The van der Waals surface area contributed by atoms with Crippen LogP contribution in [0.5, 0.6) is 0 Å². The quantitative estimate of drug-likeness (QED) is 0.668. The molecule has 0 aliphatic heterocycles. The molecule has 2 rings (SSSR count). The first-order valence-corrected chi connectivity index (χ1v) is 5.05. The average molecular weight is 209 g/mol. The molecular formula is C11H16FN3. The highest BCUT2D eigenvalue weighted by molar-refractivity contribution is 5.74. The second kappa shape index (κ2) is 4.87. The van der Waals surface area contributed by atoms with Gasteiger partial charge in [0.2, 0.25) is 0 Å². The third kappa shape index (κ3) is 2.52. The van der Waals surface area contributed by atoms with Gasteiger partial charge in [-0.3, -0.25) is 4.68 Å². The summed E-state index contributed by atoms with van der Waals surface area (Å²) in [5, 5.41) is 4.70. The Morgan fingerprint density at radius 3 is 2.60 bits per heavy atom. The first kappa shape index (κ1) is 11.6. The summed E-state index contributed by atoms with van der Waals surface area (Å²) in [4.78, 5) is 4.06. The van der Waals surface area contributed by atoms with Crippen LogP contribution in [0.3, 0.4) is 0 Å². The lowest BCUT2D eigenvalue weighted by Crippen LogP contribution is -1.94. The van der Waals surface area contributed by atoms with Gasteiger partial charge in [0.1, 0.15) is 5.82 Å². The monoisotopic (exact) mass is 209 g/mol. The average Bonchev–Trinajstić information content (AvgIpc) is 2.51. The maximum atomic E-state index is 13.0. The molecule has 3 nitrogen and oxygen atoms in total. The van der Waals surface area contributed by atoms with Crippen molar-refractivity contribution in [3.05, 3.63) is 23.8 Å². The largest absolute Gasteiger partial charge is 0.250 e. The van der Waals surface area contributed by atoms with E-state index in [1.807, 2.05) is 0 Å². The number of fused-ring (bicyclic) bond motifs is 1. The minimum atomic E-state index is -0.282. The van der Waals surface area contributed by atoms with Gasteiger partial charge in [-0.15, -0.1) is 0 Å². The van der Waals surface area contributed by atoms with Crippen molar-refractivity contribution in [1.29, 1.82) is 0 Å². The van der Waals surface area contributed by atoms with Gasteiger partial charge in [0.15, 0.2) is 5.65 Å². The number of pyridine rings is 1. The number of aromatic nitrogens is 3. The highest BCUT2D eigenvalue weighted by Crippen LogP contribution is 2.13. The van der Waals surface area contributed by atoms with Gasteiger partial charge in [0, 0.05) is 12.4 Å². The summed E-state index contributed by atoms with van der Waals surface area (Å²) in [5.74, 6) is -0.282. The summed E-state index contributed by atoms with van der Waals surface area (Å²) in [6.45, 7) is 5.89. The summed E-state index contributed by atoms with van der Waals surface area (Å²) in [5.41, 5.74) is 1.13. The normalized spacial score (nSPS) is 9.93. The molecule has 82 valence electrons. The molecule has 0 fully saturated rings. The third-order valence-corrected chi connectivity index (χ3v) is 1.84. The molecule has 2 aromatic heterocycles. The molecule has 0 saturated carbocycles. The van der Waals surface area contributed by atoms with Gasteiger partial charge < -0.3 is 0 Å². The van der Waals surface area contributed by atoms with E-state index in [1.165, 1.54) is 12.5 Å². The number of rotatable bonds is 0. The van der Waals surface area contributed by atoms with Crippen molar-refractivity contribution >= 4 is 11.0 Å². The molecule has 2 heterocycles. The van der Waals surface area contributed by atoms with Crippen LogP contribution >= 0.6 is 0 Å². The summed E-state index contributed by atoms with van der Waals surface area (Å²) < 4.78 is 14.6. The molecule has 0 aromatic carbocycles. The number of hydrogen-bond acceptors (Lipinski definition) is 2. The van der Waals surface area contributed by atoms with Crippen LogP contribution < -0.4 is 0 Å². The SMILES string of the molecule is CCC.Cc1nc2c(cnn2C)cc1F. The van der Waals surface area contributed by atoms with E-state index < -0.39 is 0 Å². The molecule has 0 N–H and O–H groups in total. The van der Waals surface area contributed by atoms with E-state index in [1.54, 1.807) is 24.9 Å². The lowest BCUT2D eigenvalue weighted by atomic mass is 10.3. The number of aryl methyl sites for hydroxylation is 2. The molecule has 0 saturated heterocycles. The van der Waals surface area contributed by atoms with Crippen molar-refractivity contribution in [2.24, 2.45) is 7.05 Å². The molecule has 4 heteroatoms. The van der Waals surface area contributed by atoms with Crippen molar-refractivity contribution in [3.63, 3.8) is 0 Å². The molecule has 0 bridgehead atoms. The van der Waals surface area contributed by atoms with E-state index in [4.69, 9.17) is 0 Å². The topological polar surface area (TPSA) is 30.7 Å². The van der Waals surface area contributed by atoms with Gasteiger partial charge in [0.05, 0.1) is 11.9 Å². The van der Waals surface area contributed by atoms with Crippen LogP contribution in [-0.4, -0.2) is 14.8 Å². The zero-order valence-electron chi connectivity index (χ0n) is 9.58. The minimum absolute atomic E-state index is 0.282. The molecule has 0 spiro atoms. The Balaban J connectivity index is 0.000000337. The predicted octanol–water partition coefficient (Wildman–Crippen LogP) is 2.83. The standard InChI is InChI=1S/C8H8FN3.C3H8/c1-5-7(9)3-6-4-10-12(2)8(6)11-5;1-3-2/h3-4H,1-2H3;3H2,1-2H3. The fourth-order valence-electron chi connectivity index (χ4n) is 1.14. The molecule has 0 radical (unpaired) electrons. The van der Waals surface area contributed by atoms with E-state index in [0.717, 1.165) is 5.39 Å². The second-order valence-corrected chi connectivity index (χ2v) is 3.44. The van der Waals surface area contributed by atoms with Crippen molar-refractivity contribution in [2.45, 2.75) is 27.2 Å². The van der Waals surface area contributed by atoms with Crippen LogP contribution in [0.15, 0.2) is 12.3 Å². The van der Waals surface area contributed by atoms with Crippen molar-refractivity contribution in [3.8, 4) is 0 Å². The first-order valence-electron chi connectivity index (χ1n) is 5.05. The zero-order chi connectivity index (χ0) is 11.4. The predicted molar refractivity (Wildman–Crippen MR) is 59.2 cm³/mol. The van der Waals surface area contributed by atoms with E-state index in [0.29, 0.717) is 11.3 Å². The van der Waals surface area contributed by atoms with Crippen molar-refractivity contribution in [1.82, 2.24) is 14.8 Å². The number of hydrogen-bond donors (Lipinski definition) is 0. The first-order chi connectivity index (χ1) is 7.10. The van der Waals surface area contributed by atoms with Gasteiger partial charge in [-0.2, -0.15) is 5.10 Å². The van der Waals surface area contributed by atoms with Gasteiger partial charge >= 0.3 is 0 Å². The highest BCUT2D eigenvalue weighted by atomic mass is 19.1. The molecule has 0 atom stereocenters. The molecule has 0 amide bonds. The summed E-state index contributed by atoms with van der Waals surface area (Å²) >= 11 is 0. The van der Waals surface area contributed by atoms with Crippen molar-refractivity contribution in [2.75, 3.05) is 0 Å². The smallest absolute Gasteiger partial charge is 0.157 e. The van der Waals surface area contributed by atoms with Crippen LogP contribution in [0.1, 0.15) is 26.0 Å². The Morgan fingerprint density at radius 1 is 1.40 bits per heavy atom. The maximum absolute atomic E-state index is 13.0. The summed E-state index contributed by atoms with van der Waals surface area (Å²) in [7, 11) is 1.78. The summed E-state index contributed by atoms with van der Waals surface area (Å²) in [6.07, 6.45) is 2.85. The fraction of sp³-hybridized carbons (Fsp3) is 0.455. The van der Waals surface area contributed by atoms with Gasteiger partial charge in [-0.1, -0.05) is 20.3 Å². The van der Waals surface area contributed by atoms with Crippen LogP contribution in [0.25, 0.3) is 11.0 Å². The zero-order valence-corrected chi connectivity index (χ0v) is 9.58. The van der Waals surface area contributed by atoms with Crippen LogP contribution in [-0.2, 0) is 7.05 Å². The van der Waals surface area contributed by atoms with Crippen LogP contribution in [0, 0.1) is 12.7 Å². The van der Waals surface area contributed by atoms with Crippen LogP contribution in [0.4, 0.5) is 4.39 Å². The fourth-order valence-corrected chi connectivity index (χ4v) is 1.14. The van der Waals surface area contributed by atoms with Gasteiger partial charge in [-0.05, 0) is 13.0 Å². The third-order valence-electron chi connectivity index (χ3n) is 1.84. The molecule has 0 unspecified atom stereocenters. The van der Waals surface area contributed by atoms with Crippen molar-refractivity contribution < 1.29 is 4.39 Å². The lowest BCUT2D eigenvalue weighted by molar-refractivity contribution is 0.612. The van der Waals surface area contributed by atoms with Gasteiger partial charge in [0.25, 0.3) is 0 Å². The number of halogens is 1. The Kier molecular flexibility index (Phi) is 3.77. The Morgan fingerprint density at radius 2 is 2.00 bits per heavy atom. The van der Waals surface area contributed by atoms with E-state index in [-0.39, 0.29) is 5.82 Å². The molecule has 2 aromatic rings. The lowest BCUT2D eigenvalue weighted by Gasteiger charge is -1.96. The van der Waals surface area contributed by atoms with Gasteiger partial charge in [-0.25, -0.2) is 9.37 Å². The highest BCUT2D eigenvalue weighted by Gasteiger charge is 2.04. The molecule has 0 aliphatic rings. The maximum Gasteiger partial charge on any atom is 0.157 e. The van der Waals surface area contributed by atoms with E-state index in [9.17, 15) is 4.39 Å². The molecule has 15 heavy (non-hydrogen) atoms. The molecule has 0 aliphatic carbocycles. The van der Waals surface area contributed by atoms with E-state index >= 15 is 0 Å². The van der Waals surface area contributed by atoms with E-state index in [2.05, 4.69) is 23.9 Å². The van der Waals surface area contributed by atoms with Crippen LogP contribution in [0.2, 0.25) is 0 Å². The number of nitrogens with zero attached hydrogens (tertiary/aromatic N) is 3. The minimum Gasteiger partial charge on any atom is -0.250 e. The molecular weight excluding hydrogens is 193 g/mol. The Bertz CT molecular complexity index is 448. The Hall–Kier alpha value is -1.45. The summed E-state index contributed by atoms with van der Waals surface area (Å²) in [6, 6.07) is 1.45. The Labute approximate surface area is 88.9 Å².